The summed E-state index contributed by atoms with van der Waals surface area (Å²) in [6.45, 7) is 5.70. The third-order valence-electron chi connectivity index (χ3n) is 23.7. The zero-order chi connectivity index (χ0) is 88.2. The molecule has 2 N–H and O–H groups in total. The molecule has 3 aromatic heterocycles. The van der Waals surface area contributed by atoms with Gasteiger partial charge in [0.2, 0.25) is 0 Å². The van der Waals surface area contributed by atoms with Crippen molar-refractivity contribution in [3.8, 4) is 33.8 Å². The average molecular weight is 2690 g/mol. The van der Waals surface area contributed by atoms with Gasteiger partial charge in [-0.1, -0.05) is 0 Å². The number of anilines is 3. The molecule has 6 aliphatic heterocycles. The van der Waals surface area contributed by atoms with Crippen molar-refractivity contribution in [2.24, 2.45) is 0 Å². The first-order chi connectivity index (χ1) is 64.1. The van der Waals surface area contributed by atoms with Gasteiger partial charge in [-0.15, -0.1) is 0 Å². The third kappa shape index (κ3) is 17.9. The van der Waals surface area contributed by atoms with E-state index in [9.17, 15) is 9.59 Å². The van der Waals surface area contributed by atoms with E-state index in [1.807, 2.05) is 0 Å². The Morgan fingerprint density at radius 3 is 0.828 bits per heavy atom. The number of rotatable bonds is 5. The second-order valence-corrected chi connectivity index (χ2v) is 50.4. The van der Waals surface area contributed by atoms with Crippen LogP contribution in [0.4, 0.5) is 17.1 Å². The van der Waals surface area contributed by atoms with Crippen molar-refractivity contribution >= 4 is 317 Å². The molecule has 2 unspecified atom stereocenters. The number of hydrogen-bond donors (Lipinski definition) is 2. The Hall–Kier alpha value is -10.1. The van der Waals surface area contributed by atoms with Crippen molar-refractivity contribution in [2.45, 2.75) is 27.7 Å². The molecule has 18 aromatic carbocycles. The Morgan fingerprint density at radius 2 is 0.522 bits per heavy atom. The van der Waals surface area contributed by atoms with Crippen molar-refractivity contribution in [3.63, 3.8) is 0 Å². The molecule has 653 valence electrons. The van der Waals surface area contributed by atoms with E-state index in [1.54, 1.807) is 31.8 Å². The van der Waals surface area contributed by atoms with Crippen molar-refractivity contribution in [3.05, 3.63) is 388 Å². The molecule has 9 heterocycles. The van der Waals surface area contributed by atoms with Gasteiger partial charge in [0.25, 0.3) is 0 Å². The number of aromatic nitrogens is 3. The fourth-order valence-electron chi connectivity index (χ4n) is 17.9. The van der Waals surface area contributed by atoms with Gasteiger partial charge in [-0.2, -0.15) is 0 Å². The fourth-order valence-corrected chi connectivity index (χ4v) is 42.9. The maximum atomic E-state index is 10.0. The number of pyridine rings is 3. The molecule has 0 saturated heterocycles. The monoisotopic (exact) mass is 2690 g/mol. The number of fused-ring (bicyclic) bond motifs is 21. The molecule has 0 aliphatic carbocycles. The number of carbonyl (C=O) groups excluding carboxylic acids is 2. The minimum absolute atomic E-state index is 0. The molecule has 19 heteroatoms. The number of ketones is 2. The zero-order valence-electron chi connectivity index (χ0n) is 71.9. The molecule has 21 aromatic rings. The number of allylic oxidation sites excluding steroid dienone is 4. The number of carbonyl (C=O) groups is 2. The molecule has 134 heavy (non-hydrogen) atoms. The topological polar surface area (TPSA) is 117 Å². The maximum absolute atomic E-state index is 10.0. The molecule has 0 spiro atoms. The van der Waals surface area contributed by atoms with Crippen molar-refractivity contribution < 1.29 is 80.1 Å². The molecule has 2 atom stereocenters. The van der Waals surface area contributed by atoms with Gasteiger partial charge in [-0.25, -0.2) is 0 Å². The van der Waals surface area contributed by atoms with E-state index in [0.717, 1.165) is 50.3 Å². The van der Waals surface area contributed by atoms with Gasteiger partial charge >= 0.3 is 723 Å². The van der Waals surface area contributed by atoms with Crippen molar-refractivity contribution in [1.82, 2.24) is 15.0 Å². The van der Waals surface area contributed by atoms with Crippen LogP contribution in [0.1, 0.15) is 27.7 Å². The molecule has 6 aliphatic rings. The summed E-state index contributed by atoms with van der Waals surface area (Å²) in [4.78, 5) is 37.8. The molecule has 0 fully saturated rings. The normalized spacial score (nSPS) is 14.0. The summed E-state index contributed by atoms with van der Waals surface area (Å²) in [5.41, 5.74) is 13.5. The van der Waals surface area contributed by atoms with Gasteiger partial charge in [0.05, 0.1) is 11.5 Å². The first kappa shape index (κ1) is 91.6. The van der Waals surface area contributed by atoms with Crippen LogP contribution in [0.5, 0.6) is 0 Å². The first-order valence-corrected chi connectivity index (χ1v) is 55.9. The average Bonchev–Trinajstić information content (AvgIpc) is 0.721. The number of aliphatic hydroxyl groups excluding tert-OH is 2. The Kier molecular flexibility index (Phi) is 26.5. The Balaban J connectivity index is 0.000000115. The summed E-state index contributed by atoms with van der Waals surface area (Å²) in [5.74, 6) is -0.125. The van der Waals surface area contributed by atoms with Gasteiger partial charge in [0.1, 0.15) is 0 Å². The van der Waals surface area contributed by atoms with Crippen LogP contribution < -0.4 is 90.3 Å². The van der Waals surface area contributed by atoms with Crippen LogP contribution in [0.3, 0.4) is 0 Å². The Bertz CT molecular complexity index is 7430. The predicted octanol–water partition coefficient (Wildman–Crippen LogP) is 14.9. The number of benzene rings is 18. The van der Waals surface area contributed by atoms with Crippen LogP contribution >= 0.6 is 15.8 Å². The van der Waals surface area contributed by atoms with E-state index in [4.69, 9.17) is 25.2 Å². The Morgan fingerprint density at radius 1 is 0.276 bits per heavy atom. The number of hydrogen-bond acceptors (Lipinski definition) is 8. The van der Waals surface area contributed by atoms with Gasteiger partial charge in [0.15, 0.2) is 11.6 Å². The molecular formula is C115H73Ir3N4O4P2Se6-3. The van der Waals surface area contributed by atoms with Crippen LogP contribution in [0.25, 0.3) is 131 Å². The van der Waals surface area contributed by atoms with Crippen LogP contribution in [-0.4, -0.2) is 126 Å². The molecule has 8 nitrogen and oxygen atoms in total. The predicted molar refractivity (Wildman–Crippen MR) is 559 cm³/mol. The SMILES string of the molecule is CC(=O)C=C(C)O.CC(=O)C=C(C)O.[Ir].[Ir].[Ir].[c-]1c(-c2ccc3ccccc3n2)cc2c3c1[Se]c1cc4ccccc4cc1N3c1cc3ccccc3cc1[Se]2.[c-]1c(-c2ccc3ccccc3n2)cc2c3c1[Se]c1cc4ccccc4cc1P3c1cc3ccccc3cc1[Se]2.[c-]1c(-c2ccc3ccccc3n2)cc2c3c1[Se]c1cc4ccccc4cc1P3c1cc3ccccc3cc1[Se]2. The number of para-hydroxylation sites is 3. The van der Waals surface area contributed by atoms with E-state index in [0.29, 0.717) is 0 Å². The van der Waals surface area contributed by atoms with Gasteiger partial charge in [0, 0.05) is 72.5 Å². The Labute approximate surface area is 856 Å². The molecule has 3 radical (unpaired) electrons. The van der Waals surface area contributed by atoms with Gasteiger partial charge < -0.3 is 10.2 Å². The summed E-state index contributed by atoms with van der Waals surface area (Å²) < 4.78 is 17.6. The summed E-state index contributed by atoms with van der Waals surface area (Å²) >= 11 is 1.24. The first-order valence-electron chi connectivity index (χ1n) is 42.9. The van der Waals surface area contributed by atoms with Crippen molar-refractivity contribution in [2.75, 3.05) is 4.90 Å². The van der Waals surface area contributed by atoms with E-state index in [-0.39, 0.29) is 173 Å². The standard InChI is InChI=1S/C35H19N2Se2.2C35H19NPSe2.2C5H8O2.3Ir/c3*1-3-10-24-17-31-29(15-22(24)8-1)37-30-16-23-9-2-4-11-25(23)18-32(30)39-34-20-26(19-33(38-31)35(34)37)28-14-13-21-7-5-6-12-27(21)36-28;2*1-4(6)3-5(2)7;;;/h3*1-19H;2*3,6H,1-2H3;;;/q3*-1;;;;;. The summed E-state index contributed by atoms with van der Waals surface area (Å²) in [5, 5.41) is 45.6. The van der Waals surface area contributed by atoms with E-state index >= 15 is 0 Å². The van der Waals surface area contributed by atoms with Gasteiger partial charge in [-0.3, -0.25) is 9.59 Å². The van der Waals surface area contributed by atoms with Crippen LogP contribution in [0, 0.1) is 18.2 Å². The summed E-state index contributed by atoms with van der Waals surface area (Å²) in [6.07, 6.45) is 2.33. The fraction of sp³-hybridized carbons (Fsp3) is 0.0348. The second kappa shape index (κ2) is 38.8. The molecule has 0 amide bonds. The summed E-state index contributed by atoms with van der Waals surface area (Å²) in [6, 6.07) is 140. The van der Waals surface area contributed by atoms with Crippen LogP contribution in [-0.2, 0) is 69.9 Å². The van der Waals surface area contributed by atoms with E-state index < -0.39 is 15.8 Å². The number of aliphatic hydroxyl groups is 2. The number of nitrogens with zero attached hydrogens (tertiary/aromatic N) is 4. The van der Waals surface area contributed by atoms with E-state index in [2.05, 4.69) is 369 Å². The van der Waals surface area contributed by atoms with E-state index in [1.165, 1.54) is 191 Å². The van der Waals surface area contributed by atoms with Gasteiger partial charge in [-0.05, 0) is 27.7 Å². The molecular weight excluding hydrogens is 2610 g/mol. The molecule has 0 saturated carbocycles. The van der Waals surface area contributed by atoms with Crippen molar-refractivity contribution in [1.29, 1.82) is 0 Å². The summed E-state index contributed by atoms with van der Waals surface area (Å²) in [7, 11) is -1.25. The van der Waals surface area contributed by atoms with Crippen LogP contribution in [0.2, 0.25) is 0 Å². The molecule has 27 rings (SSSR count). The minimum atomic E-state index is -0.627. The molecule has 0 bridgehead atoms. The van der Waals surface area contributed by atoms with Crippen LogP contribution in [0.15, 0.2) is 369 Å². The second-order valence-electron chi connectivity index (χ2n) is 32.8. The third-order valence-corrected chi connectivity index (χ3v) is 45.2. The quantitative estimate of drug-likeness (QED) is 0.0575. The zero-order valence-corrected chi connectivity index (χ0v) is 91.2.